The molecule has 4 nitrogen and oxygen atoms in total. The molecule has 0 aliphatic carbocycles. The van der Waals surface area contributed by atoms with Gasteiger partial charge in [-0.1, -0.05) is 48.0 Å². The van der Waals surface area contributed by atoms with E-state index < -0.39 is 5.97 Å². The van der Waals surface area contributed by atoms with Crippen LogP contribution in [0.2, 0.25) is 5.02 Å². The molecule has 0 heterocycles. The highest BCUT2D eigenvalue weighted by atomic mass is 35.5. The number of carboxylic acids is 1. The van der Waals surface area contributed by atoms with Crippen LogP contribution >= 0.6 is 11.6 Å². The molecule has 1 atom stereocenters. The van der Waals surface area contributed by atoms with Crippen molar-refractivity contribution in [3.05, 3.63) is 64.7 Å². The second kappa shape index (κ2) is 7.79. The first-order valence-electron chi connectivity index (χ1n) is 7.28. The Bertz CT molecular complexity index is 701. The Balaban J connectivity index is 2.08. The number of carbonyl (C=O) groups is 2. The van der Waals surface area contributed by atoms with Crippen molar-refractivity contribution < 1.29 is 14.7 Å². The number of carbonyl (C=O) groups excluding carboxylic acids is 1. The molecule has 0 saturated heterocycles. The van der Waals surface area contributed by atoms with Gasteiger partial charge in [-0.3, -0.25) is 9.59 Å². The highest BCUT2D eigenvalue weighted by Crippen LogP contribution is 2.25. The maximum atomic E-state index is 12.2. The molecule has 2 N–H and O–H groups in total. The Morgan fingerprint density at radius 3 is 2.43 bits per heavy atom. The normalized spacial score (nSPS) is 11.7. The first-order chi connectivity index (χ1) is 11.0. The van der Waals surface area contributed by atoms with E-state index in [1.54, 1.807) is 12.1 Å². The van der Waals surface area contributed by atoms with E-state index in [2.05, 4.69) is 5.32 Å². The van der Waals surface area contributed by atoms with Crippen molar-refractivity contribution in [2.75, 3.05) is 5.32 Å². The van der Waals surface area contributed by atoms with E-state index in [1.165, 1.54) is 0 Å². The van der Waals surface area contributed by atoms with Crippen LogP contribution < -0.4 is 5.32 Å². The molecule has 23 heavy (non-hydrogen) atoms. The Hall–Kier alpha value is -2.33. The number of hydrogen-bond acceptors (Lipinski definition) is 2. The highest BCUT2D eigenvalue weighted by Gasteiger charge is 2.19. The van der Waals surface area contributed by atoms with Crippen LogP contribution in [0.1, 0.15) is 29.9 Å². The molecule has 0 spiro atoms. The van der Waals surface area contributed by atoms with Crippen molar-refractivity contribution in [3.8, 4) is 0 Å². The standard InChI is InChI=1S/C18H18ClNO3/c1-12-7-8-15(11-16(12)19)20-17(21)9-14(10-18(22)23)13-5-3-2-4-6-13/h2-8,11,14H,9-10H2,1H3,(H,20,21)(H,22,23). The summed E-state index contributed by atoms with van der Waals surface area (Å²) in [5, 5.41) is 12.4. The third kappa shape index (κ3) is 5.11. The zero-order valence-corrected chi connectivity index (χ0v) is 13.5. The summed E-state index contributed by atoms with van der Waals surface area (Å²) in [5.74, 6) is -1.53. The average Bonchev–Trinajstić information content (AvgIpc) is 2.51. The number of halogens is 1. The molecule has 0 radical (unpaired) electrons. The predicted molar refractivity (Wildman–Crippen MR) is 90.9 cm³/mol. The van der Waals surface area contributed by atoms with Crippen LogP contribution in [0.4, 0.5) is 5.69 Å². The smallest absolute Gasteiger partial charge is 0.303 e. The lowest BCUT2D eigenvalue weighted by Gasteiger charge is -2.15. The number of hydrogen-bond donors (Lipinski definition) is 2. The first-order valence-corrected chi connectivity index (χ1v) is 7.66. The van der Waals surface area contributed by atoms with E-state index in [9.17, 15) is 9.59 Å². The molecular weight excluding hydrogens is 314 g/mol. The molecule has 0 saturated carbocycles. The van der Waals surface area contributed by atoms with E-state index in [0.29, 0.717) is 10.7 Å². The molecule has 2 aromatic carbocycles. The summed E-state index contributed by atoms with van der Waals surface area (Å²) >= 11 is 6.04. The van der Waals surface area contributed by atoms with Crippen LogP contribution in [-0.2, 0) is 9.59 Å². The van der Waals surface area contributed by atoms with Gasteiger partial charge in [-0.05, 0) is 30.2 Å². The number of anilines is 1. The summed E-state index contributed by atoms with van der Waals surface area (Å²) < 4.78 is 0. The number of rotatable bonds is 6. The van der Waals surface area contributed by atoms with Crippen LogP contribution in [-0.4, -0.2) is 17.0 Å². The zero-order valence-electron chi connectivity index (χ0n) is 12.8. The minimum atomic E-state index is -0.926. The first kappa shape index (κ1) is 17.0. The van der Waals surface area contributed by atoms with Gasteiger partial charge in [0.25, 0.3) is 0 Å². The summed E-state index contributed by atoms with van der Waals surface area (Å²) in [6, 6.07) is 14.5. The second-order valence-electron chi connectivity index (χ2n) is 5.42. The fourth-order valence-corrected chi connectivity index (χ4v) is 2.53. The third-order valence-corrected chi connectivity index (χ3v) is 3.99. The Morgan fingerprint density at radius 1 is 1.13 bits per heavy atom. The van der Waals surface area contributed by atoms with Crippen LogP contribution in [0.15, 0.2) is 48.5 Å². The van der Waals surface area contributed by atoms with Gasteiger partial charge in [0, 0.05) is 23.0 Å². The minimum absolute atomic E-state index is 0.0912. The van der Waals surface area contributed by atoms with Crippen LogP contribution in [0, 0.1) is 6.92 Å². The highest BCUT2D eigenvalue weighted by molar-refractivity contribution is 6.31. The van der Waals surface area contributed by atoms with Crippen molar-refractivity contribution in [1.82, 2.24) is 0 Å². The van der Waals surface area contributed by atoms with E-state index in [4.69, 9.17) is 16.7 Å². The Labute approximate surface area is 140 Å². The molecule has 1 amide bonds. The molecule has 0 bridgehead atoms. The van der Waals surface area contributed by atoms with Crippen molar-refractivity contribution >= 4 is 29.2 Å². The molecular formula is C18H18ClNO3. The molecule has 0 aliphatic rings. The quantitative estimate of drug-likeness (QED) is 0.832. The Kier molecular flexibility index (Phi) is 5.77. The van der Waals surface area contributed by atoms with E-state index in [-0.39, 0.29) is 24.7 Å². The molecule has 0 fully saturated rings. The van der Waals surface area contributed by atoms with Gasteiger partial charge in [-0.2, -0.15) is 0 Å². The van der Waals surface area contributed by atoms with Crippen LogP contribution in [0.5, 0.6) is 0 Å². The summed E-state index contributed by atoms with van der Waals surface area (Å²) in [5.41, 5.74) is 2.37. The molecule has 0 aliphatic heterocycles. The number of amides is 1. The number of benzene rings is 2. The maximum Gasteiger partial charge on any atom is 0.303 e. The van der Waals surface area contributed by atoms with Gasteiger partial charge in [0.2, 0.25) is 5.91 Å². The summed E-state index contributed by atoms with van der Waals surface area (Å²) in [6.45, 7) is 1.88. The summed E-state index contributed by atoms with van der Waals surface area (Å²) in [4.78, 5) is 23.3. The van der Waals surface area contributed by atoms with Gasteiger partial charge < -0.3 is 10.4 Å². The van der Waals surface area contributed by atoms with Gasteiger partial charge in [0.05, 0.1) is 6.42 Å². The Morgan fingerprint density at radius 2 is 1.83 bits per heavy atom. The largest absolute Gasteiger partial charge is 0.481 e. The lowest BCUT2D eigenvalue weighted by Crippen LogP contribution is -2.17. The monoisotopic (exact) mass is 331 g/mol. The van der Waals surface area contributed by atoms with Gasteiger partial charge >= 0.3 is 5.97 Å². The van der Waals surface area contributed by atoms with Gasteiger partial charge in [0.1, 0.15) is 0 Å². The predicted octanol–water partition coefficient (Wildman–Crippen LogP) is 4.24. The van der Waals surface area contributed by atoms with Crippen molar-refractivity contribution in [2.24, 2.45) is 0 Å². The molecule has 5 heteroatoms. The molecule has 1 unspecified atom stereocenters. The number of nitrogens with one attached hydrogen (secondary N) is 1. The number of carboxylic acid groups (broad SMARTS) is 1. The zero-order chi connectivity index (χ0) is 16.8. The van der Waals surface area contributed by atoms with E-state index in [1.807, 2.05) is 43.3 Å². The van der Waals surface area contributed by atoms with Crippen LogP contribution in [0.25, 0.3) is 0 Å². The third-order valence-electron chi connectivity index (χ3n) is 3.58. The molecule has 120 valence electrons. The molecule has 2 rings (SSSR count). The fraction of sp³-hybridized carbons (Fsp3) is 0.222. The summed E-state index contributed by atoms with van der Waals surface area (Å²) in [7, 11) is 0. The number of aliphatic carboxylic acids is 1. The van der Waals surface area contributed by atoms with Crippen molar-refractivity contribution in [3.63, 3.8) is 0 Å². The van der Waals surface area contributed by atoms with Gasteiger partial charge in [0.15, 0.2) is 0 Å². The number of aryl methyl sites for hydroxylation is 1. The topological polar surface area (TPSA) is 66.4 Å². The van der Waals surface area contributed by atoms with Crippen molar-refractivity contribution in [1.29, 1.82) is 0 Å². The average molecular weight is 332 g/mol. The molecule has 0 aromatic heterocycles. The second-order valence-corrected chi connectivity index (χ2v) is 5.83. The molecule has 2 aromatic rings. The van der Waals surface area contributed by atoms with E-state index in [0.717, 1.165) is 11.1 Å². The maximum absolute atomic E-state index is 12.2. The van der Waals surface area contributed by atoms with Crippen molar-refractivity contribution in [2.45, 2.75) is 25.7 Å². The fourth-order valence-electron chi connectivity index (χ4n) is 2.35. The van der Waals surface area contributed by atoms with E-state index >= 15 is 0 Å². The SMILES string of the molecule is Cc1ccc(NC(=O)CC(CC(=O)O)c2ccccc2)cc1Cl. The van der Waals surface area contributed by atoms with Gasteiger partial charge in [-0.15, -0.1) is 0 Å². The summed E-state index contributed by atoms with van der Waals surface area (Å²) in [6.07, 6.45) is 0.00783. The minimum Gasteiger partial charge on any atom is -0.481 e. The van der Waals surface area contributed by atoms with Crippen LogP contribution in [0.3, 0.4) is 0 Å². The van der Waals surface area contributed by atoms with Gasteiger partial charge in [-0.25, -0.2) is 0 Å². The lowest BCUT2D eigenvalue weighted by atomic mass is 9.92. The lowest BCUT2D eigenvalue weighted by molar-refractivity contribution is -0.137.